The van der Waals surface area contributed by atoms with Gasteiger partial charge in [0, 0.05) is 6.42 Å². The lowest BCUT2D eigenvalue weighted by Gasteiger charge is -2.19. The summed E-state index contributed by atoms with van der Waals surface area (Å²) in [6.45, 7) is 8.08. The highest BCUT2D eigenvalue weighted by Crippen LogP contribution is 2.40. The van der Waals surface area contributed by atoms with E-state index in [4.69, 9.17) is 0 Å². The molecule has 0 atom stereocenters. The van der Waals surface area contributed by atoms with Crippen molar-refractivity contribution in [3.63, 3.8) is 0 Å². The van der Waals surface area contributed by atoms with Gasteiger partial charge in [0.25, 0.3) is 0 Å². The van der Waals surface area contributed by atoms with E-state index in [-0.39, 0.29) is 0 Å². The van der Waals surface area contributed by atoms with Crippen LogP contribution in [0, 0.1) is 27.7 Å². The van der Waals surface area contributed by atoms with E-state index < -0.39 is 0 Å². The van der Waals surface area contributed by atoms with Gasteiger partial charge >= 0.3 is 0 Å². The molecule has 2 nitrogen and oxygen atoms in total. The zero-order valence-electron chi connectivity index (χ0n) is 18.5. The molecule has 2 heteroatoms. The molecule has 0 aliphatic heterocycles. The van der Waals surface area contributed by atoms with Gasteiger partial charge in [0.05, 0.1) is 0 Å². The third-order valence-corrected chi connectivity index (χ3v) is 6.14. The Labute approximate surface area is 184 Å². The van der Waals surface area contributed by atoms with Crippen LogP contribution in [0.25, 0.3) is 22.3 Å². The minimum Gasteiger partial charge on any atom is -0.507 e. The van der Waals surface area contributed by atoms with E-state index in [1.807, 2.05) is 62.4 Å². The van der Waals surface area contributed by atoms with Crippen molar-refractivity contribution >= 4 is 0 Å². The average Bonchev–Trinajstić information content (AvgIpc) is 2.77. The van der Waals surface area contributed by atoms with Crippen molar-refractivity contribution < 1.29 is 10.2 Å². The molecule has 0 aliphatic carbocycles. The van der Waals surface area contributed by atoms with Crippen molar-refractivity contribution in [1.29, 1.82) is 0 Å². The monoisotopic (exact) mass is 408 g/mol. The van der Waals surface area contributed by atoms with Gasteiger partial charge in [-0.25, -0.2) is 0 Å². The number of hydrogen-bond donors (Lipinski definition) is 2. The highest BCUT2D eigenvalue weighted by atomic mass is 16.3. The molecule has 4 aromatic carbocycles. The standard InChI is InChI=1S/C29H28O2/c1-18-15-24(28(30)20(3)26(18)22-11-7-5-8-12-22)17-25-16-19(2)27(21(4)29(25)31)23-13-9-6-10-14-23/h5-16,30-31H,17H2,1-4H3. The maximum atomic E-state index is 11.0. The first-order valence-electron chi connectivity index (χ1n) is 10.6. The Hall–Kier alpha value is -3.52. The van der Waals surface area contributed by atoms with Crippen LogP contribution in [0.5, 0.6) is 11.5 Å². The lowest BCUT2D eigenvalue weighted by atomic mass is 9.88. The smallest absolute Gasteiger partial charge is 0.122 e. The third kappa shape index (κ3) is 3.82. The largest absolute Gasteiger partial charge is 0.507 e. The van der Waals surface area contributed by atoms with Crippen molar-refractivity contribution in [2.24, 2.45) is 0 Å². The highest BCUT2D eigenvalue weighted by molar-refractivity contribution is 5.76. The molecule has 0 fully saturated rings. The average molecular weight is 409 g/mol. The van der Waals surface area contributed by atoms with Crippen LogP contribution in [0.2, 0.25) is 0 Å². The summed E-state index contributed by atoms with van der Waals surface area (Å²) in [5, 5.41) is 22.0. The fourth-order valence-corrected chi connectivity index (χ4v) is 4.69. The van der Waals surface area contributed by atoms with Gasteiger partial charge in [-0.2, -0.15) is 0 Å². The summed E-state index contributed by atoms with van der Waals surface area (Å²) in [4.78, 5) is 0. The van der Waals surface area contributed by atoms with Crippen molar-refractivity contribution in [2.45, 2.75) is 34.1 Å². The van der Waals surface area contributed by atoms with E-state index in [0.29, 0.717) is 17.9 Å². The first-order chi connectivity index (χ1) is 14.9. The van der Waals surface area contributed by atoms with Crippen LogP contribution >= 0.6 is 0 Å². The molecular weight excluding hydrogens is 380 g/mol. The predicted molar refractivity (Wildman–Crippen MR) is 129 cm³/mol. The Bertz CT molecular complexity index is 1140. The molecule has 4 aromatic rings. The van der Waals surface area contributed by atoms with Gasteiger partial charge in [-0.05, 0) is 83.3 Å². The summed E-state index contributed by atoms with van der Waals surface area (Å²) >= 11 is 0. The number of rotatable bonds is 4. The number of aryl methyl sites for hydroxylation is 2. The van der Waals surface area contributed by atoms with Gasteiger partial charge < -0.3 is 10.2 Å². The number of benzene rings is 4. The molecule has 0 spiro atoms. The van der Waals surface area contributed by atoms with E-state index in [1.54, 1.807) is 0 Å². The molecule has 0 aliphatic rings. The van der Waals surface area contributed by atoms with Crippen LogP contribution in [-0.4, -0.2) is 10.2 Å². The van der Waals surface area contributed by atoms with Gasteiger partial charge in [0.2, 0.25) is 0 Å². The first-order valence-corrected chi connectivity index (χ1v) is 10.6. The number of phenols is 2. The topological polar surface area (TPSA) is 40.5 Å². The predicted octanol–water partition coefficient (Wildman–Crippen LogP) is 7.26. The quantitative estimate of drug-likeness (QED) is 0.373. The fourth-order valence-electron chi connectivity index (χ4n) is 4.69. The SMILES string of the molecule is Cc1cc(Cc2cc(C)c(-c3ccccc3)c(C)c2O)c(O)c(C)c1-c1ccccc1. The third-order valence-electron chi connectivity index (χ3n) is 6.14. The molecule has 156 valence electrons. The Morgan fingerprint density at radius 3 is 1.26 bits per heavy atom. The second-order valence-electron chi connectivity index (χ2n) is 8.31. The molecule has 0 amide bonds. The molecule has 0 radical (unpaired) electrons. The summed E-state index contributed by atoms with van der Waals surface area (Å²) < 4.78 is 0. The lowest BCUT2D eigenvalue weighted by molar-refractivity contribution is 0.458. The second-order valence-corrected chi connectivity index (χ2v) is 8.31. The first kappa shape index (κ1) is 20.7. The highest BCUT2D eigenvalue weighted by Gasteiger charge is 2.18. The maximum Gasteiger partial charge on any atom is 0.122 e. The minimum absolute atomic E-state index is 0.297. The zero-order chi connectivity index (χ0) is 22.1. The molecule has 0 bridgehead atoms. The lowest BCUT2D eigenvalue weighted by Crippen LogP contribution is -1.99. The van der Waals surface area contributed by atoms with Crippen molar-refractivity contribution in [3.05, 3.63) is 106 Å². The molecule has 31 heavy (non-hydrogen) atoms. The van der Waals surface area contributed by atoms with Crippen LogP contribution in [0.3, 0.4) is 0 Å². The minimum atomic E-state index is 0.297. The number of hydrogen-bond acceptors (Lipinski definition) is 2. The van der Waals surface area contributed by atoms with Gasteiger partial charge in [0.1, 0.15) is 11.5 Å². The van der Waals surface area contributed by atoms with Crippen molar-refractivity contribution in [2.75, 3.05) is 0 Å². The molecule has 0 unspecified atom stereocenters. The van der Waals surface area contributed by atoms with E-state index in [9.17, 15) is 10.2 Å². The Morgan fingerprint density at radius 1 is 0.548 bits per heavy atom. The summed E-state index contributed by atoms with van der Waals surface area (Å²) in [6.07, 6.45) is 0.477. The summed E-state index contributed by atoms with van der Waals surface area (Å²) in [6, 6.07) is 24.4. The molecule has 0 saturated carbocycles. The second kappa shape index (κ2) is 8.31. The van der Waals surface area contributed by atoms with E-state index >= 15 is 0 Å². The number of phenolic OH excluding ortho intramolecular Hbond substituents is 2. The zero-order valence-corrected chi connectivity index (χ0v) is 18.5. The van der Waals surface area contributed by atoms with Crippen molar-refractivity contribution in [1.82, 2.24) is 0 Å². The summed E-state index contributed by atoms with van der Waals surface area (Å²) in [7, 11) is 0. The maximum absolute atomic E-state index is 11.0. The molecule has 2 N–H and O–H groups in total. The number of aromatic hydroxyl groups is 2. The summed E-state index contributed by atoms with van der Waals surface area (Å²) in [5.41, 5.74) is 9.96. The van der Waals surface area contributed by atoms with Gasteiger partial charge in [-0.15, -0.1) is 0 Å². The Kier molecular flexibility index (Phi) is 5.56. The molecule has 0 heterocycles. The molecule has 0 saturated heterocycles. The van der Waals surface area contributed by atoms with Crippen LogP contribution < -0.4 is 0 Å². The van der Waals surface area contributed by atoms with Gasteiger partial charge in [-0.3, -0.25) is 0 Å². The van der Waals surface area contributed by atoms with Crippen LogP contribution in [0.15, 0.2) is 72.8 Å². The Morgan fingerprint density at radius 2 is 0.903 bits per heavy atom. The van der Waals surface area contributed by atoms with Crippen LogP contribution in [-0.2, 0) is 6.42 Å². The van der Waals surface area contributed by atoms with E-state index in [1.165, 1.54) is 0 Å². The summed E-state index contributed by atoms with van der Waals surface area (Å²) in [5.74, 6) is 0.595. The van der Waals surface area contributed by atoms with Crippen molar-refractivity contribution in [3.8, 4) is 33.8 Å². The molecule has 0 aromatic heterocycles. The normalized spacial score (nSPS) is 11.0. The molecular formula is C29H28O2. The van der Waals surface area contributed by atoms with E-state index in [0.717, 1.165) is 55.6 Å². The molecule has 4 rings (SSSR count). The fraction of sp³-hybridized carbons (Fsp3) is 0.172. The van der Waals surface area contributed by atoms with Crippen LogP contribution in [0.4, 0.5) is 0 Å². The van der Waals surface area contributed by atoms with E-state index in [2.05, 4.69) is 38.1 Å². The van der Waals surface area contributed by atoms with Crippen LogP contribution in [0.1, 0.15) is 33.4 Å². The van der Waals surface area contributed by atoms with Gasteiger partial charge in [-0.1, -0.05) is 72.8 Å². The van der Waals surface area contributed by atoms with Gasteiger partial charge in [0.15, 0.2) is 0 Å². The Balaban J connectivity index is 1.77.